The number of likely N-dealkylation sites (N-methyl/N-ethyl adjacent to an activating group) is 1. The summed E-state index contributed by atoms with van der Waals surface area (Å²) in [6.07, 6.45) is 0. The number of carboxylic acids is 1. The van der Waals surface area contributed by atoms with Crippen molar-refractivity contribution in [1.82, 2.24) is 9.62 Å². The lowest BCUT2D eigenvalue weighted by Gasteiger charge is -2.18. The van der Waals surface area contributed by atoms with Crippen molar-refractivity contribution in [3.05, 3.63) is 28.7 Å². The van der Waals surface area contributed by atoms with Gasteiger partial charge in [0.1, 0.15) is 6.04 Å². The van der Waals surface area contributed by atoms with Gasteiger partial charge in [-0.3, -0.25) is 9.59 Å². The maximum atomic E-state index is 12.2. The van der Waals surface area contributed by atoms with Crippen molar-refractivity contribution < 1.29 is 23.1 Å². The van der Waals surface area contributed by atoms with E-state index in [4.69, 9.17) is 5.11 Å². The Labute approximate surface area is 131 Å². The van der Waals surface area contributed by atoms with Gasteiger partial charge < -0.3 is 10.4 Å². The first-order valence-corrected chi connectivity index (χ1v) is 8.12. The average molecular weight is 379 g/mol. The van der Waals surface area contributed by atoms with E-state index in [1.54, 1.807) is 12.1 Å². The van der Waals surface area contributed by atoms with Gasteiger partial charge in [-0.05, 0) is 31.2 Å². The van der Waals surface area contributed by atoms with E-state index in [2.05, 4.69) is 21.2 Å². The molecule has 7 nitrogen and oxygen atoms in total. The van der Waals surface area contributed by atoms with Crippen LogP contribution >= 0.6 is 15.9 Å². The van der Waals surface area contributed by atoms with E-state index in [0.717, 1.165) is 8.78 Å². The van der Waals surface area contributed by atoms with Crippen LogP contribution in [0.1, 0.15) is 6.92 Å². The molecular weight excluding hydrogens is 364 g/mol. The summed E-state index contributed by atoms with van der Waals surface area (Å²) in [5.74, 6) is -1.88. The number of rotatable bonds is 6. The number of amides is 1. The van der Waals surface area contributed by atoms with Crippen molar-refractivity contribution >= 4 is 37.8 Å². The Kier molecular flexibility index (Phi) is 5.87. The molecule has 0 aliphatic carbocycles. The minimum atomic E-state index is -3.80. The monoisotopic (exact) mass is 378 g/mol. The van der Waals surface area contributed by atoms with Crippen molar-refractivity contribution in [2.45, 2.75) is 17.9 Å². The van der Waals surface area contributed by atoms with Crippen molar-refractivity contribution in [2.24, 2.45) is 0 Å². The van der Waals surface area contributed by atoms with Gasteiger partial charge in [0, 0.05) is 11.5 Å². The maximum Gasteiger partial charge on any atom is 0.325 e. The zero-order chi connectivity index (χ0) is 16.2. The minimum Gasteiger partial charge on any atom is -0.480 e. The summed E-state index contributed by atoms with van der Waals surface area (Å²) in [7, 11) is -2.55. The van der Waals surface area contributed by atoms with Crippen LogP contribution in [0.2, 0.25) is 0 Å². The summed E-state index contributed by atoms with van der Waals surface area (Å²) < 4.78 is 26.0. The molecule has 0 unspecified atom stereocenters. The van der Waals surface area contributed by atoms with Gasteiger partial charge >= 0.3 is 5.97 Å². The van der Waals surface area contributed by atoms with E-state index in [1.165, 1.54) is 26.1 Å². The second-order valence-corrected chi connectivity index (χ2v) is 7.30. The number of nitrogens with one attached hydrogen (secondary N) is 1. The van der Waals surface area contributed by atoms with Crippen LogP contribution in [0.25, 0.3) is 0 Å². The maximum absolute atomic E-state index is 12.2. The highest BCUT2D eigenvalue weighted by atomic mass is 79.9. The molecule has 9 heteroatoms. The SMILES string of the molecule is C[C@H](NC(=O)CN(C)S(=O)(=O)c1ccc(Br)cc1)C(=O)O. The molecule has 21 heavy (non-hydrogen) atoms. The molecule has 1 aromatic rings. The van der Waals surface area contributed by atoms with Crippen LogP contribution in [-0.2, 0) is 19.6 Å². The van der Waals surface area contributed by atoms with Crippen molar-refractivity contribution in [3.63, 3.8) is 0 Å². The smallest absolute Gasteiger partial charge is 0.325 e. The fraction of sp³-hybridized carbons (Fsp3) is 0.333. The van der Waals surface area contributed by atoms with E-state index in [-0.39, 0.29) is 4.90 Å². The minimum absolute atomic E-state index is 0.0484. The van der Waals surface area contributed by atoms with E-state index in [1.807, 2.05) is 0 Å². The van der Waals surface area contributed by atoms with Gasteiger partial charge in [0.15, 0.2) is 0 Å². The van der Waals surface area contributed by atoms with Gasteiger partial charge in [-0.2, -0.15) is 4.31 Å². The first-order chi connectivity index (χ1) is 9.64. The molecule has 1 rings (SSSR count). The largest absolute Gasteiger partial charge is 0.480 e. The zero-order valence-corrected chi connectivity index (χ0v) is 13.8. The van der Waals surface area contributed by atoms with Gasteiger partial charge in [-0.25, -0.2) is 8.42 Å². The number of benzene rings is 1. The molecule has 1 aromatic carbocycles. The third kappa shape index (κ3) is 4.80. The molecule has 0 saturated heterocycles. The lowest BCUT2D eigenvalue weighted by atomic mass is 10.3. The Morgan fingerprint density at radius 2 is 1.86 bits per heavy atom. The number of aliphatic carboxylic acids is 1. The summed E-state index contributed by atoms with van der Waals surface area (Å²) in [4.78, 5) is 22.3. The van der Waals surface area contributed by atoms with Crippen LogP contribution in [0.4, 0.5) is 0 Å². The molecule has 0 fully saturated rings. The second kappa shape index (κ2) is 7.01. The predicted octanol–water partition coefficient (Wildman–Crippen LogP) is 0.659. The second-order valence-electron chi connectivity index (χ2n) is 4.34. The fourth-order valence-corrected chi connectivity index (χ4v) is 2.81. The molecule has 0 saturated carbocycles. The number of halogens is 1. The van der Waals surface area contributed by atoms with Crippen LogP contribution in [0.3, 0.4) is 0 Å². The zero-order valence-electron chi connectivity index (χ0n) is 11.4. The molecule has 0 aliphatic heterocycles. The number of nitrogens with zero attached hydrogens (tertiary/aromatic N) is 1. The molecule has 1 amide bonds. The van der Waals surface area contributed by atoms with E-state index < -0.39 is 34.5 Å². The van der Waals surface area contributed by atoms with Crippen molar-refractivity contribution in [2.75, 3.05) is 13.6 Å². The molecule has 0 aromatic heterocycles. The third-order valence-electron chi connectivity index (χ3n) is 2.64. The molecule has 0 radical (unpaired) electrons. The van der Waals surface area contributed by atoms with Gasteiger partial charge in [0.25, 0.3) is 0 Å². The Morgan fingerprint density at radius 1 is 1.33 bits per heavy atom. The van der Waals surface area contributed by atoms with Gasteiger partial charge in [-0.15, -0.1) is 0 Å². The Bertz CT molecular complexity index is 630. The summed E-state index contributed by atoms with van der Waals surface area (Å²) in [6, 6.07) is 4.89. The van der Waals surface area contributed by atoms with Crippen LogP contribution in [-0.4, -0.2) is 49.3 Å². The normalized spacial score (nSPS) is 13.0. The molecule has 0 aliphatic rings. The molecular formula is C12H15BrN2O5S. The average Bonchev–Trinajstić information content (AvgIpc) is 2.38. The molecule has 0 spiro atoms. The molecule has 1 atom stereocenters. The quantitative estimate of drug-likeness (QED) is 0.756. The van der Waals surface area contributed by atoms with Crippen molar-refractivity contribution in [1.29, 1.82) is 0 Å². The third-order valence-corrected chi connectivity index (χ3v) is 4.98. The highest BCUT2D eigenvalue weighted by molar-refractivity contribution is 9.10. The standard InChI is InChI=1S/C12H15BrN2O5S/c1-8(12(17)18)14-11(16)7-15(2)21(19,20)10-5-3-9(13)4-6-10/h3-6,8H,7H2,1-2H3,(H,14,16)(H,17,18)/t8-/m0/s1. The summed E-state index contributed by atoms with van der Waals surface area (Å²) >= 11 is 3.20. The molecule has 0 heterocycles. The van der Waals surface area contributed by atoms with Gasteiger partial charge in [-0.1, -0.05) is 15.9 Å². The molecule has 2 N–H and O–H groups in total. The van der Waals surface area contributed by atoms with E-state index >= 15 is 0 Å². The number of sulfonamides is 1. The van der Waals surface area contributed by atoms with Crippen LogP contribution in [0.15, 0.2) is 33.6 Å². The lowest BCUT2D eigenvalue weighted by molar-refractivity contribution is -0.141. The van der Waals surface area contributed by atoms with Gasteiger partial charge in [0.05, 0.1) is 11.4 Å². The summed E-state index contributed by atoms with van der Waals surface area (Å²) in [6.45, 7) is 0.833. The number of carbonyl (C=O) groups excluding carboxylic acids is 1. The van der Waals surface area contributed by atoms with E-state index in [0.29, 0.717) is 0 Å². The van der Waals surface area contributed by atoms with Crippen LogP contribution in [0, 0.1) is 0 Å². The number of hydrogen-bond donors (Lipinski definition) is 2. The van der Waals surface area contributed by atoms with Crippen LogP contribution in [0.5, 0.6) is 0 Å². The fourth-order valence-electron chi connectivity index (χ4n) is 1.42. The van der Waals surface area contributed by atoms with Crippen molar-refractivity contribution in [3.8, 4) is 0 Å². The lowest BCUT2D eigenvalue weighted by Crippen LogP contribution is -2.44. The Balaban J connectivity index is 2.78. The predicted molar refractivity (Wildman–Crippen MR) is 79.2 cm³/mol. The molecule has 0 bridgehead atoms. The van der Waals surface area contributed by atoms with Gasteiger partial charge in [0.2, 0.25) is 15.9 Å². The first kappa shape index (κ1) is 17.6. The first-order valence-electron chi connectivity index (χ1n) is 5.88. The molecule has 116 valence electrons. The number of carboxylic acid groups (broad SMARTS) is 1. The topological polar surface area (TPSA) is 104 Å². The highest BCUT2D eigenvalue weighted by Gasteiger charge is 2.24. The highest BCUT2D eigenvalue weighted by Crippen LogP contribution is 2.17. The Morgan fingerprint density at radius 3 is 2.33 bits per heavy atom. The van der Waals surface area contributed by atoms with Crippen LogP contribution < -0.4 is 5.32 Å². The summed E-state index contributed by atoms with van der Waals surface area (Å²) in [5, 5.41) is 10.9. The summed E-state index contributed by atoms with van der Waals surface area (Å²) in [5.41, 5.74) is 0. The number of hydrogen-bond acceptors (Lipinski definition) is 4. The number of carbonyl (C=O) groups is 2. The van der Waals surface area contributed by atoms with E-state index in [9.17, 15) is 18.0 Å². The Hall–Kier alpha value is -1.45.